The first-order valence-corrected chi connectivity index (χ1v) is 4.64. The Bertz CT molecular complexity index is 362. The van der Waals surface area contributed by atoms with Crippen molar-refractivity contribution in [3.05, 3.63) is 34.3 Å². The number of amides is 1. The van der Waals surface area contributed by atoms with E-state index in [4.69, 9.17) is 11.6 Å². The zero-order valence-electron chi connectivity index (χ0n) is 7.30. The average Bonchev–Trinajstić information content (AvgIpc) is 2.12. The molecule has 0 radical (unpaired) electrons. The molecule has 0 fully saturated rings. The average molecular weight is 196 g/mol. The van der Waals surface area contributed by atoms with Crippen LogP contribution < -0.4 is 5.32 Å². The molecule has 0 spiro atoms. The molecule has 1 heterocycles. The minimum atomic E-state index is 0.00441. The number of carbonyl (C=O) groups excluding carboxylic acids is 1. The fraction of sp³-hybridized carbons (Fsp3) is 0.300. The second-order valence-corrected chi connectivity index (χ2v) is 3.78. The predicted molar refractivity (Wildman–Crippen MR) is 52.2 cm³/mol. The van der Waals surface area contributed by atoms with Gasteiger partial charge in [-0.2, -0.15) is 0 Å². The van der Waals surface area contributed by atoms with Crippen LogP contribution in [0.25, 0.3) is 0 Å². The lowest BCUT2D eigenvalue weighted by Crippen LogP contribution is -2.33. The Morgan fingerprint density at radius 2 is 2.31 bits per heavy atom. The summed E-state index contributed by atoms with van der Waals surface area (Å²) in [5.74, 6) is 0.358. The molecule has 68 valence electrons. The summed E-state index contributed by atoms with van der Waals surface area (Å²) < 4.78 is 0. The van der Waals surface area contributed by atoms with Crippen LogP contribution in [0, 0.1) is 0 Å². The number of carbonyl (C=O) groups is 1. The Kier molecular flexibility index (Phi) is 2.00. The second-order valence-electron chi connectivity index (χ2n) is 3.34. The third kappa shape index (κ3) is 1.42. The molecule has 1 atom stereocenters. The summed E-state index contributed by atoms with van der Waals surface area (Å²) in [6, 6.07) is 5.40. The van der Waals surface area contributed by atoms with Crippen LogP contribution in [0.15, 0.2) is 18.2 Å². The van der Waals surface area contributed by atoms with Crippen LogP contribution in [-0.2, 0) is 0 Å². The van der Waals surface area contributed by atoms with Gasteiger partial charge in [-0.3, -0.25) is 4.79 Å². The van der Waals surface area contributed by atoms with E-state index in [1.165, 1.54) is 0 Å². The Morgan fingerprint density at radius 3 is 3.08 bits per heavy atom. The van der Waals surface area contributed by atoms with Crippen LogP contribution in [0.2, 0.25) is 5.02 Å². The zero-order valence-corrected chi connectivity index (χ0v) is 8.06. The minimum Gasteiger partial charge on any atom is -0.351 e. The molecular formula is C10H10ClNO. The van der Waals surface area contributed by atoms with Gasteiger partial charge in [-0.1, -0.05) is 18.5 Å². The summed E-state index contributed by atoms with van der Waals surface area (Å²) >= 11 is 5.86. The molecule has 0 aromatic heterocycles. The molecule has 13 heavy (non-hydrogen) atoms. The SMILES string of the molecule is CC1CNC(=O)c2ccc(Cl)cc21. The standard InChI is InChI=1S/C10H10ClNO/c1-6-5-12-10(13)8-3-2-7(11)4-9(6)8/h2-4,6H,5H2,1H3,(H,12,13). The highest BCUT2D eigenvalue weighted by atomic mass is 35.5. The Hall–Kier alpha value is -1.02. The number of fused-ring (bicyclic) bond motifs is 1. The Labute approximate surface area is 81.9 Å². The summed E-state index contributed by atoms with van der Waals surface area (Å²) in [5, 5.41) is 3.52. The van der Waals surface area contributed by atoms with Crippen molar-refractivity contribution in [2.24, 2.45) is 0 Å². The highest BCUT2D eigenvalue weighted by molar-refractivity contribution is 6.30. The Balaban J connectivity index is 2.57. The molecule has 2 nitrogen and oxygen atoms in total. The van der Waals surface area contributed by atoms with Gasteiger partial charge in [0.2, 0.25) is 0 Å². The fourth-order valence-electron chi connectivity index (χ4n) is 1.60. The number of hydrogen-bond acceptors (Lipinski definition) is 1. The van der Waals surface area contributed by atoms with Crippen LogP contribution in [-0.4, -0.2) is 12.5 Å². The largest absolute Gasteiger partial charge is 0.351 e. The van der Waals surface area contributed by atoms with Crippen molar-refractivity contribution in [2.75, 3.05) is 6.54 Å². The molecule has 1 aliphatic rings. The third-order valence-corrected chi connectivity index (χ3v) is 2.59. The van der Waals surface area contributed by atoms with E-state index in [1.807, 2.05) is 6.07 Å². The van der Waals surface area contributed by atoms with E-state index in [-0.39, 0.29) is 5.91 Å². The first-order valence-electron chi connectivity index (χ1n) is 4.26. The molecule has 1 N–H and O–H groups in total. The van der Waals surface area contributed by atoms with E-state index in [1.54, 1.807) is 12.1 Å². The lowest BCUT2D eigenvalue weighted by molar-refractivity contribution is 0.0941. The Morgan fingerprint density at radius 1 is 1.54 bits per heavy atom. The topological polar surface area (TPSA) is 29.1 Å². The van der Waals surface area contributed by atoms with Gasteiger partial charge >= 0.3 is 0 Å². The van der Waals surface area contributed by atoms with E-state index in [2.05, 4.69) is 12.2 Å². The van der Waals surface area contributed by atoms with Gasteiger partial charge in [0.25, 0.3) is 5.91 Å². The maximum absolute atomic E-state index is 11.4. The molecule has 0 saturated carbocycles. The lowest BCUT2D eigenvalue weighted by atomic mass is 9.92. The second kappa shape index (κ2) is 3.04. The molecule has 2 rings (SSSR count). The lowest BCUT2D eigenvalue weighted by Gasteiger charge is -2.22. The molecule has 3 heteroatoms. The quantitative estimate of drug-likeness (QED) is 0.676. The zero-order chi connectivity index (χ0) is 9.42. The number of hydrogen-bond donors (Lipinski definition) is 1. The smallest absolute Gasteiger partial charge is 0.251 e. The normalized spacial score (nSPS) is 20.8. The van der Waals surface area contributed by atoms with Crippen LogP contribution in [0.1, 0.15) is 28.8 Å². The molecule has 0 saturated heterocycles. The highest BCUT2D eigenvalue weighted by Gasteiger charge is 2.21. The molecule has 1 amide bonds. The van der Waals surface area contributed by atoms with Crippen LogP contribution in [0.3, 0.4) is 0 Å². The first-order chi connectivity index (χ1) is 6.18. The number of rotatable bonds is 0. The molecule has 0 aliphatic carbocycles. The molecule has 1 aromatic carbocycles. The van der Waals surface area contributed by atoms with Gasteiger partial charge in [0.1, 0.15) is 0 Å². The van der Waals surface area contributed by atoms with Crippen molar-refractivity contribution >= 4 is 17.5 Å². The summed E-state index contributed by atoms with van der Waals surface area (Å²) in [7, 11) is 0. The fourth-order valence-corrected chi connectivity index (χ4v) is 1.78. The van der Waals surface area contributed by atoms with Crippen molar-refractivity contribution in [3.63, 3.8) is 0 Å². The van der Waals surface area contributed by atoms with E-state index < -0.39 is 0 Å². The number of halogens is 1. The highest BCUT2D eigenvalue weighted by Crippen LogP contribution is 2.26. The maximum Gasteiger partial charge on any atom is 0.251 e. The third-order valence-electron chi connectivity index (χ3n) is 2.36. The van der Waals surface area contributed by atoms with Crippen LogP contribution in [0.4, 0.5) is 0 Å². The molecule has 0 bridgehead atoms. The van der Waals surface area contributed by atoms with Gasteiger partial charge in [0.15, 0.2) is 0 Å². The van der Waals surface area contributed by atoms with Crippen molar-refractivity contribution in [2.45, 2.75) is 12.8 Å². The van der Waals surface area contributed by atoms with Crippen molar-refractivity contribution in [1.82, 2.24) is 5.32 Å². The van der Waals surface area contributed by atoms with E-state index in [0.29, 0.717) is 17.5 Å². The van der Waals surface area contributed by atoms with Gasteiger partial charge in [-0.05, 0) is 29.7 Å². The van der Waals surface area contributed by atoms with E-state index >= 15 is 0 Å². The summed E-state index contributed by atoms with van der Waals surface area (Å²) in [6.45, 7) is 2.78. The summed E-state index contributed by atoms with van der Waals surface area (Å²) in [4.78, 5) is 11.4. The molecule has 1 aliphatic heterocycles. The van der Waals surface area contributed by atoms with Crippen molar-refractivity contribution < 1.29 is 4.79 Å². The first kappa shape index (κ1) is 8.57. The summed E-state index contributed by atoms with van der Waals surface area (Å²) in [5.41, 5.74) is 1.81. The molecule has 1 unspecified atom stereocenters. The summed E-state index contributed by atoms with van der Waals surface area (Å²) in [6.07, 6.45) is 0. The van der Waals surface area contributed by atoms with Gasteiger partial charge in [-0.15, -0.1) is 0 Å². The van der Waals surface area contributed by atoms with E-state index in [0.717, 1.165) is 11.1 Å². The van der Waals surface area contributed by atoms with Gasteiger partial charge in [0, 0.05) is 17.1 Å². The monoisotopic (exact) mass is 195 g/mol. The van der Waals surface area contributed by atoms with Gasteiger partial charge in [-0.25, -0.2) is 0 Å². The van der Waals surface area contributed by atoms with Crippen LogP contribution >= 0.6 is 11.6 Å². The maximum atomic E-state index is 11.4. The molecule has 1 aromatic rings. The van der Waals surface area contributed by atoms with Gasteiger partial charge in [0.05, 0.1) is 0 Å². The predicted octanol–water partition coefficient (Wildman–Crippen LogP) is 2.19. The minimum absolute atomic E-state index is 0.00441. The number of benzene rings is 1. The van der Waals surface area contributed by atoms with Crippen molar-refractivity contribution in [1.29, 1.82) is 0 Å². The number of nitrogens with one attached hydrogen (secondary N) is 1. The van der Waals surface area contributed by atoms with E-state index in [9.17, 15) is 4.79 Å². The van der Waals surface area contributed by atoms with Crippen LogP contribution in [0.5, 0.6) is 0 Å². The van der Waals surface area contributed by atoms with Crippen molar-refractivity contribution in [3.8, 4) is 0 Å². The van der Waals surface area contributed by atoms with Gasteiger partial charge < -0.3 is 5.32 Å². The molecular weight excluding hydrogens is 186 g/mol.